The van der Waals surface area contributed by atoms with E-state index in [0.717, 1.165) is 43.1 Å². The molecular formula is C20H27N3O2. The summed E-state index contributed by atoms with van der Waals surface area (Å²) >= 11 is 0. The predicted molar refractivity (Wildman–Crippen MR) is 102 cm³/mol. The van der Waals surface area contributed by atoms with Crippen molar-refractivity contribution < 1.29 is 9.53 Å². The number of nitrogens with one attached hydrogen (secondary N) is 2. The van der Waals surface area contributed by atoms with E-state index >= 15 is 0 Å². The second kappa shape index (κ2) is 10.5. The van der Waals surface area contributed by atoms with E-state index in [4.69, 9.17) is 4.74 Å². The summed E-state index contributed by atoms with van der Waals surface area (Å²) in [6.45, 7) is 2.25. The Bertz CT molecular complexity index is 627. The Hall–Kier alpha value is -2.37. The molecule has 2 aromatic carbocycles. The molecule has 0 unspecified atom stereocenters. The number of amides is 1. The van der Waals surface area contributed by atoms with Gasteiger partial charge in [0.05, 0.1) is 6.54 Å². The summed E-state index contributed by atoms with van der Waals surface area (Å²) in [6.07, 6.45) is 2.20. The molecule has 0 heterocycles. The van der Waals surface area contributed by atoms with Gasteiger partial charge in [-0.25, -0.2) is 0 Å². The molecule has 2 aromatic rings. The van der Waals surface area contributed by atoms with E-state index in [1.165, 1.54) is 0 Å². The molecule has 5 nitrogen and oxygen atoms in total. The zero-order chi connectivity index (χ0) is 17.9. The van der Waals surface area contributed by atoms with E-state index in [0.29, 0.717) is 6.54 Å². The molecular weight excluding hydrogens is 314 g/mol. The highest BCUT2D eigenvalue weighted by Crippen LogP contribution is 2.22. The molecule has 1 amide bonds. The summed E-state index contributed by atoms with van der Waals surface area (Å²) < 4.78 is 5.73. The molecule has 0 aliphatic heterocycles. The molecule has 2 N–H and O–H groups in total. The summed E-state index contributed by atoms with van der Waals surface area (Å²) in [5, 5.41) is 6.04. The highest BCUT2D eigenvalue weighted by Gasteiger charge is 2.03. The van der Waals surface area contributed by atoms with Gasteiger partial charge < -0.3 is 20.3 Å². The molecule has 0 aliphatic carbocycles. The summed E-state index contributed by atoms with van der Waals surface area (Å²) in [7, 11) is 4.13. The number of nitrogens with zero attached hydrogens (tertiary/aromatic N) is 1. The van der Waals surface area contributed by atoms with Crippen molar-refractivity contribution in [3.63, 3.8) is 0 Å². The average molecular weight is 341 g/mol. The highest BCUT2D eigenvalue weighted by atomic mass is 16.5. The van der Waals surface area contributed by atoms with Crippen molar-refractivity contribution in [3.8, 4) is 11.5 Å². The number of hydrogen-bond donors (Lipinski definition) is 2. The molecule has 0 aromatic heterocycles. The van der Waals surface area contributed by atoms with Crippen LogP contribution in [-0.2, 0) is 4.79 Å². The molecule has 0 saturated heterocycles. The van der Waals surface area contributed by atoms with Gasteiger partial charge in [0, 0.05) is 5.69 Å². The number of ether oxygens (including phenoxy) is 1. The van der Waals surface area contributed by atoms with Crippen LogP contribution in [-0.4, -0.2) is 44.5 Å². The monoisotopic (exact) mass is 341 g/mol. The molecule has 5 heteroatoms. The van der Waals surface area contributed by atoms with Gasteiger partial charge in [-0.2, -0.15) is 0 Å². The number of carbonyl (C=O) groups excluding carboxylic acids is 1. The lowest BCUT2D eigenvalue weighted by atomic mass is 10.3. The first-order valence-corrected chi connectivity index (χ1v) is 8.62. The number of hydrogen-bond acceptors (Lipinski definition) is 4. The third-order valence-corrected chi connectivity index (χ3v) is 3.61. The predicted octanol–water partition coefficient (Wildman–Crippen LogP) is 3.35. The van der Waals surface area contributed by atoms with E-state index < -0.39 is 0 Å². The van der Waals surface area contributed by atoms with Crippen LogP contribution in [0.1, 0.15) is 12.8 Å². The molecule has 0 fully saturated rings. The minimum atomic E-state index is -0.0377. The second-order valence-electron chi connectivity index (χ2n) is 6.17. The third-order valence-electron chi connectivity index (χ3n) is 3.61. The fourth-order valence-corrected chi connectivity index (χ4v) is 2.32. The quantitative estimate of drug-likeness (QED) is 0.651. The van der Waals surface area contributed by atoms with Crippen LogP contribution in [0.5, 0.6) is 11.5 Å². The van der Waals surface area contributed by atoms with E-state index in [9.17, 15) is 4.79 Å². The highest BCUT2D eigenvalue weighted by molar-refractivity contribution is 5.92. The van der Waals surface area contributed by atoms with Gasteiger partial charge >= 0.3 is 0 Å². The Labute approximate surface area is 150 Å². The first kappa shape index (κ1) is 19.0. The molecule has 134 valence electrons. The Balaban J connectivity index is 1.67. The molecule has 0 radical (unpaired) electrons. The Morgan fingerprint density at radius 2 is 1.64 bits per heavy atom. The standard InChI is InChI=1S/C20H27N3O2/c1-23(2)15-7-6-14-21-16-20(24)22-17-10-12-19(13-11-17)25-18-8-4-3-5-9-18/h3-5,8-13,21H,6-7,14-16H2,1-2H3,(H,22,24). The van der Waals surface area contributed by atoms with Crippen LogP contribution < -0.4 is 15.4 Å². The smallest absolute Gasteiger partial charge is 0.238 e. The van der Waals surface area contributed by atoms with Crippen LogP contribution in [0.25, 0.3) is 0 Å². The van der Waals surface area contributed by atoms with Gasteiger partial charge in [-0.1, -0.05) is 18.2 Å². The van der Waals surface area contributed by atoms with Crippen molar-refractivity contribution in [3.05, 3.63) is 54.6 Å². The second-order valence-corrected chi connectivity index (χ2v) is 6.17. The normalized spacial score (nSPS) is 10.7. The van der Waals surface area contributed by atoms with Crippen molar-refractivity contribution in [2.45, 2.75) is 12.8 Å². The fourth-order valence-electron chi connectivity index (χ4n) is 2.32. The summed E-state index contributed by atoms with van der Waals surface area (Å²) in [5.74, 6) is 1.49. The molecule has 25 heavy (non-hydrogen) atoms. The Morgan fingerprint density at radius 1 is 0.960 bits per heavy atom. The van der Waals surface area contributed by atoms with Gasteiger partial charge in [0.1, 0.15) is 11.5 Å². The third kappa shape index (κ3) is 7.83. The van der Waals surface area contributed by atoms with Crippen molar-refractivity contribution in [2.75, 3.05) is 39.0 Å². The average Bonchev–Trinajstić information content (AvgIpc) is 2.60. The summed E-state index contributed by atoms with van der Waals surface area (Å²) in [5.41, 5.74) is 0.764. The van der Waals surface area contributed by atoms with Crippen LogP contribution in [0, 0.1) is 0 Å². The van der Waals surface area contributed by atoms with Gasteiger partial charge in [-0.15, -0.1) is 0 Å². The van der Waals surface area contributed by atoms with Crippen molar-refractivity contribution in [1.82, 2.24) is 10.2 Å². The molecule has 2 rings (SSSR count). The SMILES string of the molecule is CN(C)CCCCNCC(=O)Nc1ccc(Oc2ccccc2)cc1. The lowest BCUT2D eigenvalue weighted by molar-refractivity contribution is -0.115. The topological polar surface area (TPSA) is 53.6 Å². The van der Waals surface area contributed by atoms with E-state index in [1.54, 1.807) is 0 Å². The van der Waals surface area contributed by atoms with Crippen LogP contribution in [0.3, 0.4) is 0 Å². The van der Waals surface area contributed by atoms with Gasteiger partial charge in [0.15, 0.2) is 0 Å². The molecule has 0 saturated carbocycles. The molecule has 0 bridgehead atoms. The minimum absolute atomic E-state index is 0.0377. The van der Waals surface area contributed by atoms with Crippen molar-refractivity contribution >= 4 is 11.6 Å². The lowest BCUT2D eigenvalue weighted by Gasteiger charge is -2.10. The molecule has 0 aliphatic rings. The Kier molecular flexibility index (Phi) is 7.95. The van der Waals surface area contributed by atoms with E-state index in [1.807, 2.05) is 54.6 Å². The summed E-state index contributed by atoms with van der Waals surface area (Å²) in [6, 6.07) is 17.0. The fraction of sp³-hybridized carbons (Fsp3) is 0.350. The van der Waals surface area contributed by atoms with Crippen LogP contribution >= 0.6 is 0 Å². The number of carbonyl (C=O) groups is 1. The molecule has 0 spiro atoms. The van der Waals surface area contributed by atoms with Gasteiger partial charge in [0.2, 0.25) is 5.91 Å². The van der Waals surface area contributed by atoms with Gasteiger partial charge in [0.25, 0.3) is 0 Å². The van der Waals surface area contributed by atoms with Gasteiger partial charge in [-0.05, 0) is 76.4 Å². The van der Waals surface area contributed by atoms with Crippen molar-refractivity contribution in [2.24, 2.45) is 0 Å². The zero-order valence-electron chi connectivity index (χ0n) is 15.0. The Morgan fingerprint density at radius 3 is 2.32 bits per heavy atom. The van der Waals surface area contributed by atoms with E-state index in [-0.39, 0.29) is 5.91 Å². The first-order chi connectivity index (χ1) is 12.1. The maximum atomic E-state index is 11.9. The van der Waals surface area contributed by atoms with Crippen LogP contribution in [0.4, 0.5) is 5.69 Å². The number of benzene rings is 2. The number of para-hydroxylation sites is 1. The van der Waals surface area contributed by atoms with Crippen LogP contribution in [0.15, 0.2) is 54.6 Å². The number of unbranched alkanes of at least 4 members (excludes halogenated alkanes) is 1. The van der Waals surface area contributed by atoms with Gasteiger partial charge in [-0.3, -0.25) is 4.79 Å². The first-order valence-electron chi connectivity index (χ1n) is 8.62. The van der Waals surface area contributed by atoms with Crippen LogP contribution in [0.2, 0.25) is 0 Å². The minimum Gasteiger partial charge on any atom is -0.457 e. The number of anilines is 1. The maximum Gasteiger partial charge on any atom is 0.238 e. The molecule has 0 atom stereocenters. The summed E-state index contributed by atoms with van der Waals surface area (Å²) in [4.78, 5) is 14.1. The largest absolute Gasteiger partial charge is 0.457 e. The number of rotatable bonds is 10. The zero-order valence-corrected chi connectivity index (χ0v) is 15.0. The van der Waals surface area contributed by atoms with E-state index in [2.05, 4.69) is 29.6 Å². The maximum absolute atomic E-state index is 11.9. The lowest BCUT2D eigenvalue weighted by Crippen LogP contribution is -2.29. The van der Waals surface area contributed by atoms with Crippen molar-refractivity contribution in [1.29, 1.82) is 0 Å².